The molecule has 1 amide bonds. The summed E-state index contributed by atoms with van der Waals surface area (Å²) in [6.45, 7) is 0. The molecule has 1 aromatic heterocycles. The Labute approximate surface area is 177 Å². The van der Waals surface area contributed by atoms with E-state index in [9.17, 15) is 14.3 Å². The molecule has 1 heterocycles. The molecule has 2 N–H and O–H groups in total. The zero-order chi connectivity index (χ0) is 21.8. The Morgan fingerprint density at radius 1 is 1.10 bits per heavy atom. The number of benzene rings is 3. The average Bonchev–Trinajstić information content (AvgIpc) is 2.80. The Balaban J connectivity index is 1.66. The van der Waals surface area contributed by atoms with Crippen LogP contribution in [0, 0.1) is 5.82 Å². The molecule has 0 unspecified atom stereocenters. The van der Waals surface area contributed by atoms with Crippen molar-refractivity contribution in [2.45, 2.75) is 0 Å². The van der Waals surface area contributed by atoms with Crippen LogP contribution in [-0.2, 0) is 0 Å². The number of para-hydroxylation sites is 2. The summed E-state index contributed by atoms with van der Waals surface area (Å²) in [4.78, 5) is 17.5. The highest BCUT2D eigenvalue weighted by Gasteiger charge is 2.14. The molecular formula is C24H18FN3O3. The van der Waals surface area contributed by atoms with Crippen LogP contribution >= 0.6 is 0 Å². The lowest BCUT2D eigenvalue weighted by molar-refractivity contribution is 0.0956. The van der Waals surface area contributed by atoms with Gasteiger partial charge in [-0.25, -0.2) is 14.8 Å². The van der Waals surface area contributed by atoms with E-state index in [0.29, 0.717) is 39.0 Å². The number of methoxy groups -OCH3 is 1. The van der Waals surface area contributed by atoms with Gasteiger partial charge in [0, 0.05) is 16.5 Å². The lowest BCUT2D eigenvalue weighted by atomic mass is 10.0. The van der Waals surface area contributed by atoms with Crippen molar-refractivity contribution in [2.24, 2.45) is 5.10 Å². The third-order valence-corrected chi connectivity index (χ3v) is 4.72. The predicted octanol–water partition coefficient (Wildman–Crippen LogP) is 4.52. The molecule has 0 radical (unpaired) electrons. The molecule has 3 aromatic carbocycles. The second kappa shape index (κ2) is 8.62. The number of carbonyl (C=O) groups is 1. The molecule has 0 aliphatic heterocycles. The summed E-state index contributed by atoms with van der Waals surface area (Å²) in [7, 11) is 1.45. The van der Waals surface area contributed by atoms with Gasteiger partial charge in [-0.2, -0.15) is 5.10 Å². The Kier molecular flexibility index (Phi) is 5.57. The van der Waals surface area contributed by atoms with Gasteiger partial charge in [0.25, 0.3) is 5.91 Å². The van der Waals surface area contributed by atoms with Crippen LogP contribution in [0.4, 0.5) is 4.39 Å². The van der Waals surface area contributed by atoms with Gasteiger partial charge in [-0.3, -0.25) is 4.79 Å². The zero-order valence-electron chi connectivity index (χ0n) is 16.5. The van der Waals surface area contributed by atoms with E-state index in [1.54, 1.807) is 48.5 Å². The summed E-state index contributed by atoms with van der Waals surface area (Å²) < 4.78 is 18.4. The van der Waals surface area contributed by atoms with Crippen molar-refractivity contribution in [2.75, 3.05) is 7.11 Å². The zero-order valence-corrected chi connectivity index (χ0v) is 16.5. The first-order chi connectivity index (χ1) is 15.1. The van der Waals surface area contributed by atoms with Gasteiger partial charge in [-0.15, -0.1) is 0 Å². The number of halogens is 1. The maximum atomic E-state index is 13.3. The van der Waals surface area contributed by atoms with E-state index >= 15 is 0 Å². The average molecular weight is 415 g/mol. The number of hydrogen-bond donors (Lipinski definition) is 2. The largest absolute Gasteiger partial charge is 0.504 e. The number of aromatic nitrogens is 1. The summed E-state index contributed by atoms with van der Waals surface area (Å²) in [5, 5.41) is 14.8. The minimum absolute atomic E-state index is 0.0732. The van der Waals surface area contributed by atoms with Gasteiger partial charge >= 0.3 is 0 Å². The molecule has 31 heavy (non-hydrogen) atoms. The fourth-order valence-electron chi connectivity index (χ4n) is 3.16. The second-order valence-corrected chi connectivity index (χ2v) is 6.68. The Hall–Kier alpha value is -4.26. The van der Waals surface area contributed by atoms with E-state index in [1.165, 1.54) is 25.5 Å². The SMILES string of the molecule is COc1cccc(/C=N/NC(=O)c2cc(-c3ccc(F)cc3)nc3ccccc23)c1O. The van der Waals surface area contributed by atoms with Crippen LogP contribution in [0.1, 0.15) is 15.9 Å². The van der Waals surface area contributed by atoms with Crippen LogP contribution in [0.2, 0.25) is 0 Å². The van der Waals surface area contributed by atoms with Crippen molar-refractivity contribution in [1.29, 1.82) is 0 Å². The number of nitrogens with one attached hydrogen (secondary N) is 1. The number of phenolic OH excluding ortho intramolecular Hbond substituents is 1. The number of hydrogen-bond acceptors (Lipinski definition) is 5. The quantitative estimate of drug-likeness (QED) is 0.371. The first kappa shape index (κ1) is 20.0. The predicted molar refractivity (Wildman–Crippen MR) is 117 cm³/mol. The number of rotatable bonds is 5. The molecule has 6 nitrogen and oxygen atoms in total. The van der Waals surface area contributed by atoms with E-state index in [4.69, 9.17) is 4.74 Å². The number of hydrazone groups is 1. The van der Waals surface area contributed by atoms with Crippen LogP contribution in [0.25, 0.3) is 22.2 Å². The third-order valence-electron chi connectivity index (χ3n) is 4.72. The maximum absolute atomic E-state index is 13.3. The highest BCUT2D eigenvalue weighted by molar-refractivity contribution is 6.07. The minimum Gasteiger partial charge on any atom is -0.504 e. The van der Waals surface area contributed by atoms with Gasteiger partial charge < -0.3 is 9.84 Å². The fourth-order valence-corrected chi connectivity index (χ4v) is 3.16. The van der Waals surface area contributed by atoms with Crippen molar-refractivity contribution in [3.05, 3.63) is 89.7 Å². The van der Waals surface area contributed by atoms with E-state index in [-0.39, 0.29) is 11.6 Å². The van der Waals surface area contributed by atoms with E-state index in [0.717, 1.165) is 0 Å². The number of carbonyl (C=O) groups excluding carboxylic acids is 1. The summed E-state index contributed by atoms with van der Waals surface area (Å²) in [5.74, 6) is -0.562. The third kappa shape index (κ3) is 4.20. The molecule has 0 fully saturated rings. The minimum atomic E-state index is -0.444. The lowest BCUT2D eigenvalue weighted by Crippen LogP contribution is -2.18. The van der Waals surface area contributed by atoms with Crippen molar-refractivity contribution < 1.29 is 19.0 Å². The molecule has 0 aliphatic carbocycles. The standard InChI is InChI=1S/C24H18FN3O3/c1-31-22-8-4-5-16(23(22)29)14-26-28-24(30)19-13-21(15-9-11-17(25)12-10-15)27-20-7-3-2-6-18(19)20/h2-14,29H,1H3,(H,28,30)/b26-14+. The number of pyridine rings is 1. The summed E-state index contributed by atoms with van der Waals surface area (Å²) in [6.07, 6.45) is 1.33. The summed E-state index contributed by atoms with van der Waals surface area (Å²) in [6, 6.07) is 19.7. The van der Waals surface area contributed by atoms with Gasteiger partial charge in [-0.1, -0.05) is 24.3 Å². The number of amides is 1. The number of phenols is 1. The summed E-state index contributed by atoms with van der Waals surface area (Å²) >= 11 is 0. The summed E-state index contributed by atoms with van der Waals surface area (Å²) in [5.41, 5.74) is 5.10. The normalized spacial score (nSPS) is 11.0. The van der Waals surface area contributed by atoms with Gasteiger partial charge in [0.05, 0.1) is 30.1 Å². The first-order valence-electron chi connectivity index (χ1n) is 9.42. The van der Waals surface area contributed by atoms with E-state index in [2.05, 4.69) is 15.5 Å². The molecule has 4 aromatic rings. The highest BCUT2D eigenvalue weighted by atomic mass is 19.1. The molecular weight excluding hydrogens is 397 g/mol. The van der Waals surface area contributed by atoms with Gasteiger partial charge in [-0.05, 0) is 48.5 Å². The number of fused-ring (bicyclic) bond motifs is 1. The van der Waals surface area contributed by atoms with Crippen LogP contribution in [0.3, 0.4) is 0 Å². The van der Waals surface area contributed by atoms with Crippen LogP contribution in [-0.4, -0.2) is 29.3 Å². The molecule has 0 saturated heterocycles. The molecule has 0 spiro atoms. The van der Waals surface area contributed by atoms with Gasteiger partial charge in [0.2, 0.25) is 0 Å². The fraction of sp³-hybridized carbons (Fsp3) is 0.0417. The Morgan fingerprint density at radius 3 is 2.65 bits per heavy atom. The van der Waals surface area contributed by atoms with Crippen LogP contribution in [0.15, 0.2) is 77.9 Å². The molecule has 7 heteroatoms. The van der Waals surface area contributed by atoms with E-state index in [1.807, 2.05) is 12.1 Å². The smallest absolute Gasteiger partial charge is 0.272 e. The maximum Gasteiger partial charge on any atom is 0.272 e. The van der Waals surface area contributed by atoms with Crippen molar-refractivity contribution in [1.82, 2.24) is 10.4 Å². The number of ether oxygens (including phenoxy) is 1. The molecule has 4 rings (SSSR count). The van der Waals surface area contributed by atoms with Crippen molar-refractivity contribution in [3.63, 3.8) is 0 Å². The van der Waals surface area contributed by atoms with Crippen molar-refractivity contribution >= 4 is 23.0 Å². The highest BCUT2D eigenvalue weighted by Crippen LogP contribution is 2.28. The molecule has 0 atom stereocenters. The Morgan fingerprint density at radius 2 is 1.87 bits per heavy atom. The van der Waals surface area contributed by atoms with Crippen LogP contribution < -0.4 is 10.2 Å². The first-order valence-corrected chi connectivity index (χ1v) is 9.42. The number of aromatic hydroxyl groups is 1. The molecule has 0 bridgehead atoms. The van der Waals surface area contributed by atoms with Crippen LogP contribution in [0.5, 0.6) is 11.5 Å². The lowest BCUT2D eigenvalue weighted by Gasteiger charge is -2.09. The molecule has 0 aliphatic rings. The van der Waals surface area contributed by atoms with E-state index < -0.39 is 5.91 Å². The van der Waals surface area contributed by atoms with Gasteiger partial charge in [0.15, 0.2) is 11.5 Å². The topological polar surface area (TPSA) is 83.8 Å². The van der Waals surface area contributed by atoms with Gasteiger partial charge in [0.1, 0.15) is 5.82 Å². The monoisotopic (exact) mass is 415 g/mol. The van der Waals surface area contributed by atoms with Crippen molar-refractivity contribution in [3.8, 4) is 22.8 Å². The molecule has 154 valence electrons. The second-order valence-electron chi connectivity index (χ2n) is 6.68. The Bertz CT molecular complexity index is 1290. The number of nitrogens with zero attached hydrogens (tertiary/aromatic N) is 2. The molecule has 0 saturated carbocycles.